The van der Waals surface area contributed by atoms with E-state index >= 15 is 0 Å². The topological polar surface area (TPSA) is 125 Å². The molecule has 0 saturated carbocycles. The zero-order valence-corrected chi connectivity index (χ0v) is 18.4. The lowest BCUT2D eigenvalue weighted by Gasteiger charge is -2.11. The van der Waals surface area contributed by atoms with Crippen LogP contribution in [-0.2, 0) is 18.0 Å². The number of phosphoric ester groups is 1. The van der Waals surface area contributed by atoms with Crippen molar-refractivity contribution in [3.05, 3.63) is 52.6 Å². The van der Waals surface area contributed by atoms with E-state index in [2.05, 4.69) is 52.3 Å². The molecule has 1 unspecified atom stereocenters. The molecular weight excluding hydrogens is 404 g/mol. The molecule has 10 heteroatoms. The predicted molar refractivity (Wildman–Crippen MR) is 110 cm³/mol. The minimum Gasteiger partial charge on any atom is -0.381 e. The molecule has 0 aliphatic heterocycles. The fraction of sp³-hybridized carbons (Fsp3) is 0.444. The van der Waals surface area contributed by atoms with E-state index in [4.69, 9.17) is 9.79 Å². The predicted octanol–water partition coefficient (Wildman–Crippen LogP) is 4.61. The number of nitrogens with one attached hydrogen (secondary N) is 1. The molecule has 28 heavy (non-hydrogen) atoms. The van der Waals surface area contributed by atoms with Gasteiger partial charge < -0.3 is 20.0 Å². The molecule has 1 rings (SSSR count). The van der Waals surface area contributed by atoms with Gasteiger partial charge in [0.05, 0.1) is 6.61 Å². The number of anilines is 1. The Balaban J connectivity index is 2.38. The second-order valence-electron chi connectivity index (χ2n) is 6.71. The van der Waals surface area contributed by atoms with Gasteiger partial charge in [0.2, 0.25) is 0 Å². The Hall–Kier alpha value is -1.24. The maximum Gasteiger partial charge on any atom is 0.481 e. The van der Waals surface area contributed by atoms with Crippen LogP contribution in [0.1, 0.15) is 37.8 Å². The van der Waals surface area contributed by atoms with Crippen molar-refractivity contribution in [2.45, 2.75) is 40.5 Å². The lowest BCUT2D eigenvalue weighted by Crippen LogP contribution is -2.03. The first-order valence-corrected chi connectivity index (χ1v) is 11.8. The lowest BCUT2D eigenvalue weighted by molar-refractivity contribution is 0.191. The second kappa shape index (κ2) is 11.1. The quantitative estimate of drug-likeness (QED) is 0.294. The summed E-state index contributed by atoms with van der Waals surface area (Å²) >= 11 is 0. The fourth-order valence-corrected chi connectivity index (χ4v) is 4.00. The highest BCUT2D eigenvalue weighted by Gasteiger charge is 2.31. The van der Waals surface area contributed by atoms with Gasteiger partial charge in [0.25, 0.3) is 0 Å². The standard InChI is InChI=1S/C18H29NO7P2/c1-14(8-9-25-28(23,24)26-27(20,21)22)6-5-7-15(2)13-19-18-11-16(3)10-17(4)12-18/h7-8,10-12,19H,5-6,9,13H2,1-4H3,(H,23,24)(H2,20,21,22)/b14-8+,15-7+. The molecule has 1 atom stereocenters. The Morgan fingerprint density at radius 1 is 1.04 bits per heavy atom. The van der Waals surface area contributed by atoms with E-state index in [1.807, 2.05) is 13.8 Å². The van der Waals surface area contributed by atoms with E-state index < -0.39 is 15.6 Å². The summed E-state index contributed by atoms with van der Waals surface area (Å²) in [6.45, 7) is 8.46. The third-order valence-electron chi connectivity index (χ3n) is 3.70. The molecular formula is C18H29NO7P2. The number of hydrogen-bond donors (Lipinski definition) is 4. The van der Waals surface area contributed by atoms with Crippen LogP contribution in [0.15, 0.2) is 41.5 Å². The van der Waals surface area contributed by atoms with Crippen LogP contribution in [0.25, 0.3) is 0 Å². The largest absolute Gasteiger partial charge is 0.481 e. The second-order valence-corrected chi connectivity index (χ2v) is 9.54. The van der Waals surface area contributed by atoms with Gasteiger partial charge in [-0.3, -0.25) is 4.52 Å². The van der Waals surface area contributed by atoms with E-state index in [0.717, 1.165) is 30.6 Å². The summed E-state index contributed by atoms with van der Waals surface area (Å²) in [5.74, 6) is 0. The molecule has 0 bridgehead atoms. The molecule has 158 valence electrons. The molecule has 0 aromatic heterocycles. The fourth-order valence-electron chi connectivity index (χ4n) is 2.47. The average Bonchev–Trinajstić information content (AvgIpc) is 2.49. The van der Waals surface area contributed by atoms with Gasteiger partial charge in [-0.05, 0) is 63.8 Å². The van der Waals surface area contributed by atoms with Crippen LogP contribution in [0.3, 0.4) is 0 Å². The summed E-state index contributed by atoms with van der Waals surface area (Å²) in [7, 11) is -9.87. The smallest absolute Gasteiger partial charge is 0.381 e. The first-order chi connectivity index (χ1) is 12.9. The first kappa shape index (κ1) is 24.8. The van der Waals surface area contributed by atoms with Gasteiger partial charge in [-0.25, -0.2) is 9.13 Å². The van der Waals surface area contributed by atoms with Gasteiger partial charge in [-0.15, -0.1) is 0 Å². The zero-order valence-electron chi connectivity index (χ0n) is 16.6. The Morgan fingerprint density at radius 2 is 1.64 bits per heavy atom. The third kappa shape index (κ3) is 11.6. The van der Waals surface area contributed by atoms with Gasteiger partial charge in [0.1, 0.15) is 0 Å². The summed E-state index contributed by atoms with van der Waals surface area (Å²) in [6.07, 6.45) is 5.20. The van der Waals surface area contributed by atoms with Crippen molar-refractivity contribution in [1.82, 2.24) is 0 Å². The van der Waals surface area contributed by atoms with E-state index in [0.29, 0.717) is 0 Å². The Morgan fingerprint density at radius 3 is 2.21 bits per heavy atom. The highest BCUT2D eigenvalue weighted by molar-refractivity contribution is 7.60. The molecule has 0 saturated heterocycles. The van der Waals surface area contributed by atoms with Crippen LogP contribution in [-0.4, -0.2) is 27.8 Å². The number of benzene rings is 1. The molecule has 0 radical (unpaired) electrons. The number of aryl methyl sites for hydroxylation is 2. The maximum atomic E-state index is 11.3. The average molecular weight is 433 g/mol. The molecule has 0 heterocycles. The summed E-state index contributed by atoms with van der Waals surface area (Å²) in [5, 5.41) is 3.39. The number of hydrogen-bond acceptors (Lipinski definition) is 5. The van der Waals surface area contributed by atoms with Gasteiger partial charge in [0.15, 0.2) is 0 Å². The Kier molecular flexibility index (Phi) is 9.81. The molecule has 0 amide bonds. The van der Waals surface area contributed by atoms with Crippen LogP contribution < -0.4 is 5.32 Å². The van der Waals surface area contributed by atoms with Crippen molar-refractivity contribution in [1.29, 1.82) is 0 Å². The van der Waals surface area contributed by atoms with E-state index in [1.54, 1.807) is 6.08 Å². The van der Waals surface area contributed by atoms with Crippen LogP contribution >= 0.6 is 15.6 Å². The summed E-state index contributed by atoms with van der Waals surface area (Å²) < 4.78 is 30.1. The SMILES string of the molecule is C/C(=C\COP(=O)(O)OP(=O)(O)O)CC/C=C(\C)CNc1cc(C)cc(C)c1. The van der Waals surface area contributed by atoms with Gasteiger partial charge >= 0.3 is 15.6 Å². The van der Waals surface area contributed by atoms with Crippen molar-refractivity contribution in [2.75, 3.05) is 18.5 Å². The summed E-state index contributed by atoms with van der Waals surface area (Å²) in [5.41, 5.74) is 5.63. The van der Waals surface area contributed by atoms with E-state index in [1.165, 1.54) is 16.7 Å². The molecule has 4 N–H and O–H groups in total. The molecule has 1 aromatic carbocycles. The molecule has 1 aromatic rings. The Labute approximate surface area is 166 Å². The van der Waals surface area contributed by atoms with Crippen molar-refractivity contribution in [3.63, 3.8) is 0 Å². The highest BCUT2D eigenvalue weighted by atomic mass is 31.3. The van der Waals surface area contributed by atoms with E-state index in [9.17, 15) is 14.0 Å². The number of rotatable bonds is 11. The van der Waals surface area contributed by atoms with Crippen molar-refractivity contribution in [3.8, 4) is 0 Å². The Bertz CT molecular complexity index is 794. The molecule has 8 nitrogen and oxygen atoms in total. The van der Waals surface area contributed by atoms with Crippen molar-refractivity contribution in [2.24, 2.45) is 0 Å². The van der Waals surface area contributed by atoms with Gasteiger partial charge in [-0.1, -0.05) is 29.4 Å². The van der Waals surface area contributed by atoms with Crippen LogP contribution in [0, 0.1) is 13.8 Å². The number of phosphoric acid groups is 2. The maximum absolute atomic E-state index is 11.3. The minimum atomic E-state index is -5.09. The summed E-state index contributed by atoms with van der Waals surface area (Å²) in [4.78, 5) is 26.2. The molecule has 0 spiro atoms. The van der Waals surface area contributed by atoms with Gasteiger partial charge in [-0.2, -0.15) is 4.31 Å². The van der Waals surface area contributed by atoms with E-state index in [-0.39, 0.29) is 6.61 Å². The van der Waals surface area contributed by atoms with Crippen LogP contribution in [0.5, 0.6) is 0 Å². The minimum absolute atomic E-state index is 0.281. The van der Waals surface area contributed by atoms with Crippen molar-refractivity contribution >= 4 is 21.3 Å². The third-order valence-corrected chi connectivity index (χ3v) is 5.86. The lowest BCUT2D eigenvalue weighted by atomic mass is 10.1. The summed E-state index contributed by atoms with van der Waals surface area (Å²) in [6, 6.07) is 6.33. The molecule has 0 fully saturated rings. The van der Waals surface area contributed by atoms with Crippen LogP contribution in [0.4, 0.5) is 5.69 Å². The molecule has 0 aliphatic carbocycles. The highest BCUT2D eigenvalue weighted by Crippen LogP contribution is 2.57. The zero-order chi connectivity index (χ0) is 21.4. The first-order valence-electron chi connectivity index (χ1n) is 8.74. The number of allylic oxidation sites excluding steroid dienone is 2. The normalized spacial score (nSPS) is 15.4. The molecule has 0 aliphatic rings. The van der Waals surface area contributed by atoms with Crippen LogP contribution in [0.2, 0.25) is 0 Å². The van der Waals surface area contributed by atoms with Gasteiger partial charge in [0, 0.05) is 12.2 Å². The van der Waals surface area contributed by atoms with Crippen molar-refractivity contribution < 1.29 is 32.6 Å². The monoisotopic (exact) mass is 433 g/mol.